The van der Waals surface area contributed by atoms with Gasteiger partial charge in [0.15, 0.2) is 0 Å². The molecule has 0 nitrogen and oxygen atoms in total. The first kappa shape index (κ1) is 9.24. The standard InChI is InChI=1S/C14H24/c1-4-5-10-6-7-11-12-8(2)9(3)13(12)14(10)11/h8-14H,4-7H2,1-3H3. The zero-order chi connectivity index (χ0) is 9.87. The van der Waals surface area contributed by atoms with Crippen LogP contribution in [0.2, 0.25) is 0 Å². The molecule has 80 valence electrons. The Morgan fingerprint density at radius 1 is 0.929 bits per heavy atom. The monoisotopic (exact) mass is 192 g/mol. The normalized spacial score (nSPS) is 59.8. The van der Waals surface area contributed by atoms with Crippen LogP contribution in [0.25, 0.3) is 0 Å². The Morgan fingerprint density at radius 3 is 2.36 bits per heavy atom. The van der Waals surface area contributed by atoms with E-state index in [0.29, 0.717) is 0 Å². The van der Waals surface area contributed by atoms with Crippen molar-refractivity contribution in [3.05, 3.63) is 0 Å². The van der Waals surface area contributed by atoms with E-state index in [4.69, 9.17) is 0 Å². The molecule has 0 aromatic rings. The number of fused-ring (bicyclic) bond motifs is 4. The fourth-order valence-corrected chi connectivity index (χ4v) is 5.29. The van der Waals surface area contributed by atoms with E-state index in [2.05, 4.69) is 20.8 Å². The van der Waals surface area contributed by atoms with Gasteiger partial charge in [0.2, 0.25) is 0 Å². The van der Waals surface area contributed by atoms with E-state index in [1.54, 1.807) is 12.8 Å². The third kappa shape index (κ3) is 0.907. The van der Waals surface area contributed by atoms with Crippen molar-refractivity contribution in [3.63, 3.8) is 0 Å². The zero-order valence-corrected chi connectivity index (χ0v) is 9.87. The van der Waals surface area contributed by atoms with Crippen LogP contribution in [0.15, 0.2) is 0 Å². The molecule has 3 aliphatic rings. The molecule has 7 atom stereocenters. The van der Waals surface area contributed by atoms with Crippen LogP contribution < -0.4 is 0 Å². The first-order chi connectivity index (χ1) is 6.75. The molecule has 0 heterocycles. The van der Waals surface area contributed by atoms with E-state index < -0.39 is 0 Å². The molecule has 0 aliphatic heterocycles. The van der Waals surface area contributed by atoms with Crippen molar-refractivity contribution in [1.29, 1.82) is 0 Å². The van der Waals surface area contributed by atoms with Gasteiger partial charge in [-0.1, -0.05) is 33.6 Å². The van der Waals surface area contributed by atoms with E-state index >= 15 is 0 Å². The van der Waals surface area contributed by atoms with Crippen LogP contribution in [0, 0.1) is 41.4 Å². The minimum absolute atomic E-state index is 1.05. The fourth-order valence-electron chi connectivity index (χ4n) is 5.29. The van der Waals surface area contributed by atoms with E-state index in [1.807, 2.05) is 0 Å². The van der Waals surface area contributed by atoms with Crippen molar-refractivity contribution in [2.75, 3.05) is 0 Å². The van der Waals surface area contributed by atoms with Crippen LogP contribution in [0.3, 0.4) is 0 Å². The van der Waals surface area contributed by atoms with Crippen LogP contribution in [0.5, 0.6) is 0 Å². The lowest BCUT2D eigenvalue weighted by atomic mass is 9.38. The van der Waals surface area contributed by atoms with Crippen molar-refractivity contribution in [2.45, 2.75) is 46.5 Å². The molecule has 0 bridgehead atoms. The average molecular weight is 192 g/mol. The molecule has 3 saturated carbocycles. The van der Waals surface area contributed by atoms with Gasteiger partial charge < -0.3 is 0 Å². The molecular weight excluding hydrogens is 168 g/mol. The highest BCUT2D eigenvalue weighted by molar-refractivity contribution is 5.13. The second-order valence-electron chi connectivity index (χ2n) is 6.24. The fraction of sp³-hybridized carbons (Fsp3) is 1.00. The lowest BCUT2D eigenvalue weighted by Crippen LogP contribution is -2.62. The van der Waals surface area contributed by atoms with Gasteiger partial charge in [-0.3, -0.25) is 0 Å². The Balaban J connectivity index is 1.71. The van der Waals surface area contributed by atoms with E-state index in [0.717, 1.165) is 29.6 Å². The molecule has 0 radical (unpaired) electrons. The maximum Gasteiger partial charge on any atom is -0.0318 e. The van der Waals surface area contributed by atoms with Gasteiger partial charge in [-0.15, -0.1) is 0 Å². The van der Waals surface area contributed by atoms with E-state index in [9.17, 15) is 0 Å². The Hall–Kier alpha value is 0. The van der Waals surface area contributed by atoms with Crippen LogP contribution >= 0.6 is 0 Å². The molecule has 0 spiro atoms. The SMILES string of the molecule is CCCC1CCC2C1C1C(C)C(C)C21. The Bertz CT molecular complexity index is 226. The predicted octanol–water partition coefficient (Wildman–Crippen LogP) is 3.96. The molecular formula is C14H24. The quantitative estimate of drug-likeness (QED) is 0.621. The van der Waals surface area contributed by atoms with Gasteiger partial charge in [-0.2, -0.15) is 0 Å². The second kappa shape index (κ2) is 3.00. The Labute approximate surface area is 88.5 Å². The van der Waals surface area contributed by atoms with Gasteiger partial charge in [0.05, 0.1) is 0 Å². The molecule has 0 aromatic carbocycles. The molecule has 3 fully saturated rings. The van der Waals surface area contributed by atoms with E-state index in [1.165, 1.54) is 24.7 Å². The van der Waals surface area contributed by atoms with Crippen LogP contribution in [-0.2, 0) is 0 Å². The van der Waals surface area contributed by atoms with Crippen molar-refractivity contribution in [1.82, 2.24) is 0 Å². The van der Waals surface area contributed by atoms with Gasteiger partial charge in [-0.25, -0.2) is 0 Å². The molecule has 0 amide bonds. The second-order valence-corrected chi connectivity index (χ2v) is 6.24. The zero-order valence-electron chi connectivity index (χ0n) is 9.87. The summed E-state index contributed by atoms with van der Waals surface area (Å²) in [6.07, 6.45) is 6.07. The summed E-state index contributed by atoms with van der Waals surface area (Å²) < 4.78 is 0. The van der Waals surface area contributed by atoms with Crippen LogP contribution in [-0.4, -0.2) is 0 Å². The lowest BCUT2D eigenvalue weighted by Gasteiger charge is -2.66. The topological polar surface area (TPSA) is 0 Å². The summed E-state index contributed by atoms with van der Waals surface area (Å²) in [5.41, 5.74) is 0. The molecule has 14 heavy (non-hydrogen) atoms. The summed E-state index contributed by atoms with van der Waals surface area (Å²) in [4.78, 5) is 0. The number of hydrogen-bond acceptors (Lipinski definition) is 0. The highest BCUT2D eigenvalue weighted by atomic mass is 14.7. The maximum absolute atomic E-state index is 2.50. The molecule has 0 aromatic heterocycles. The summed E-state index contributed by atoms with van der Waals surface area (Å²) in [5.74, 6) is 7.90. The predicted molar refractivity (Wildman–Crippen MR) is 59.9 cm³/mol. The molecule has 0 N–H and O–H groups in total. The highest BCUT2D eigenvalue weighted by Gasteiger charge is 2.65. The van der Waals surface area contributed by atoms with Crippen LogP contribution in [0.1, 0.15) is 46.5 Å². The summed E-state index contributed by atoms with van der Waals surface area (Å²) in [5, 5.41) is 0. The van der Waals surface area contributed by atoms with Crippen LogP contribution in [0.4, 0.5) is 0 Å². The number of rotatable bonds is 2. The molecule has 0 heteroatoms. The van der Waals surface area contributed by atoms with Gasteiger partial charge in [-0.05, 0) is 54.3 Å². The van der Waals surface area contributed by atoms with Gasteiger partial charge in [0.25, 0.3) is 0 Å². The molecule has 3 aliphatic carbocycles. The minimum Gasteiger partial charge on any atom is -0.0654 e. The third-order valence-corrected chi connectivity index (χ3v) is 6.00. The minimum atomic E-state index is 1.05. The van der Waals surface area contributed by atoms with Crippen molar-refractivity contribution in [2.24, 2.45) is 41.4 Å². The van der Waals surface area contributed by atoms with E-state index in [-0.39, 0.29) is 0 Å². The molecule has 0 saturated heterocycles. The maximum atomic E-state index is 2.50. The summed E-state index contributed by atoms with van der Waals surface area (Å²) in [6, 6.07) is 0. The number of hydrogen-bond donors (Lipinski definition) is 0. The summed E-state index contributed by atoms with van der Waals surface area (Å²) in [7, 11) is 0. The smallest absolute Gasteiger partial charge is 0.0318 e. The molecule has 3 rings (SSSR count). The first-order valence-electron chi connectivity index (χ1n) is 6.75. The average Bonchev–Trinajstić information content (AvgIpc) is 2.45. The third-order valence-electron chi connectivity index (χ3n) is 6.00. The summed E-state index contributed by atoms with van der Waals surface area (Å²) in [6.45, 7) is 7.36. The van der Waals surface area contributed by atoms with Gasteiger partial charge in [0, 0.05) is 0 Å². The lowest BCUT2D eigenvalue weighted by molar-refractivity contribution is -0.191. The van der Waals surface area contributed by atoms with Crippen molar-refractivity contribution >= 4 is 0 Å². The highest BCUT2D eigenvalue weighted by Crippen LogP contribution is 2.71. The summed E-state index contributed by atoms with van der Waals surface area (Å²) >= 11 is 0. The van der Waals surface area contributed by atoms with Gasteiger partial charge in [0.1, 0.15) is 0 Å². The Morgan fingerprint density at radius 2 is 1.64 bits per heavy atom. The largest absolute Gasteiger partial charge is 0.0654 e. The van der Waals surface area contributed by atoms with Gasteiger partial charge >= 0.3 is 0 Å². The Kier molecular flexibility index (Phi) is 1.98. The first-order valence-corrected chi connectivity index (χ1v) is 6.75. The molecule has 7 unspecified atom stereocenters. The van der Waals surface area contributed by atoms with Crippen molar-refractivity contribution < 1.29 is 0 Å². The van der Waals surface area contributed by atoms with Crippen molar-refractivity contribution in [3.8, 4) is 0 Å².